The minimum Gasteiger partial charge on any atom is -0.444 e. The lowest BCUT2D eigenvalue weighted by atomic mass is 9.89. The topological polar surface area (TPSA) is 77.0 Å². The summed E-state index contributed by atoms with van der Waals surface area (Å²) in [5.41, 5.74) is 1.90. The molecule has 1 aromatic heterocycles. The Hall–Kier alpha value is -2.71. The van der Waals surface area contributed by atoms with E-state index in [-0.39, 0.29) is 19.3 Å². The summed E-state index contributed by atoms with van der Waals surface area (Å²) < 4.78 is 43.9. The van der Waals surface area contributed by atoms with Crippen molar-refractivity contribution in [2.75, 3.05) is 0 Å². The van der Waals surface area contributed by atoms with Crippen LogP contribution in [-0.4, -0.2) is 33.1 Å². The fourth-order valence-electron chi connectivity index (χ4n) is 3.05. The van der Waals surface area contributed by atoms with Gasteiger partial charge in [-0.2, -0.15) is 18.3 Å². The van der Waals surface area contributed by atoms with E-state index in [2.05, 4.69) is 20.5 Å². The van der Waals surface area contributed by atoms with Gasteiger partial charge in [-0.3, -0.25) is 0 Å². The van der Waals surface area contributed by atoms with Crippen LogP contribution in [0.4, 0.5) is 18.0 Å². The zero-order valence-electron chi connectivity index (χ0n) is 16.5. The van der Waals surface area contributed by atoms with Gasteiger partial charge in [0.2, 0.25) is 0 Å². The van der Waals surface area contributed by atoms with Gasteiger partial charge in [0.25, 0.3) is 0 Å². The summed E-state index contributed by atoms with van der Waals surface area (Å²) in [5.74, 6) is -1.01. The Kier molecular flexibility index (Phi) is 5.77. The molecule has 1 amide bonds. The first-order chi connectivity index (χ1) is 13.5. The van der Waals surface area contributed by atoms with Crippen molar-refractivity contribution in [2.24, 2.45) is 5.92 Å². The van der Waals surface area contributed by atoms with Crippen molar-refractivity contribution in [1.29, 1.82) is 0 Å². The summed E-state index contributed by atoms with van der Waals surface area (Å²) in [4.78, 5) is 16.1. The van der Waals surface area contributed by atoms with Crippen LogP contribution in [0.25, 0.3) is 11.4 Å². The number of carbonyl (C=O) groups excluding carboxylic acids is 1. The number of amides is 1. The number of ether oxygens (including phenoxy) is 1. The molecule has 1 atom stereocenters. The van der Waals surface area contributed by atoms with Crippen molar-refractivity contribution in [3.05, 3.63) is 41.2 Å². The number of benzene rings is 1. The van der Waals surface area contributed by atoms with Crippen LogP contribution in [0.3, 0.4) is 0 Å². The Labute approximate surface area is 166 Å². The van der Waals surface area contributed by atoms with E-state index in [1.807, 2.05) is 12.1 Å². The van der Waals surface area contributed by atoms with Crippen LogP contribution < -0.4 is 5.32 Å². The fraction of sp³-hybridized carbons (Fsp3) is 0.500. The van der Waals surface area contributed by atoms with Gasteiger partial charge >= 0.3 is 12.3 Å². The molecule has 0 radical (unpaired) electrons. The second kappa shape index (κ2) is 7.96. The third-order valence-electron chi connectivity index (χ3n) is 4.52. The lowest BCUT2D eigenvalue weighted by molar-refractivity contribution is -0.177. The molecule has 0 aliphatic heterocycles. The lowest BCUT2D eigenvalue weighted by Gasteiger charge is -2.24. The number of nitrogens with zero attached hydrogens (tertiary/aromatic N) is 3. The van der Waals surface area contributed by atoms with Gasteiger partial charge < -0.3 is 10.1 Å². The van der Waals surface area contributed by atoms with Crippen LogP contribution >= 0.6 is 0 Å². The molecule has 29 heavy (non-hydrogen) atoms. The molecule has 9 heteroatoms. The van der Waals surface area contributed by atoms with Crippen molar-refractivity contribution in [3.8, 4) is 11.4 Å². The number of hydrogen-bond acceptors (Lipinski definition) is 5. The number of carbonyl (C=O) groups is 1. The largest absolute Gasteiger partial charge is 0.444 e. The van der Waals surface area contributed by atoms with E-state index in [0.29, 0.717) is 29.3 Å². The van der Waals surface area contributed by atoms with Crippen molar-refractivity contribution in [3.63, 3.8) is 0 Å². The summed E-state index contributed by atoms with van der Waals surface area (Å²) >= 11 is 0. The first kappa shape index (κ1) is 21.0. The predicted octanol–water partition coefficient (Wildman–Crippen LogP) is 4.23. The Balaban J connectivity index is 1.64. The highest BCUT2D eigenvalue weighted by Gasteiger charge is 2.42. The molecule has 1 heterocycles. The van der Waals surface area contributed by atoms with Gasteiger partial charge in [0.05, 0.1) is 17.3 Å². The first-order valence-electron chi connectivity index (χ1n) is 9.36. The molecule has 1 unspecified atom stereocenters. The molecule has 1 aromatic carbocycles. The minimum atomic E-state index is -4.22. The molecular weight excluding hydrogens is 385 g/mol. The average molecular weight is 408 g/mol. The molecule has 1 aliphatic carbocycles. The van der Waals surface area contributed by atoms with Crippen LogP contribution in [0.1, 0.15) is 44.1 Å². The van der Waals surface area contributed by atoms with Crippen LogP contribution in [0.2, 0.25) is 0 Å². The summed E-state index contributed by atoms with van der Waals surface area (Å²) in [6.07, 6.45) is -4.64. The minimum absolute atomic E-state index is 0.0178. The highest BCUT2D eigenvalue weighted by molar-refractivity contribution is 5.67. The van der Waals surface area contributed by atoms with Crippen molar-refractivity contribution >= 4 is 6.09 Å². The molecule has 2 aromatic rings. The third kappa shape index (κ3) is 5.65. The third-order valence-corrected chi connectivity index (χ3v) is 4.52. The predicted molar refractivity (Wildman–Crippen MR) is 99.9 cm³/mol. The van der Waals surface area contributed by atoms with Gasteiger partial charge in [0.1, 0.15) is 5.60 Å². The first-order valence-corrected chi connectivity index (χ1v) is 9.36. The van der Waals surface area contributed by atoms with E-state index < -0.39 is 23.8 Å². The van der Waals surface area contributed by atoms with Crippen LogP contribution in [0.15, 0.2) is 24.3 Å². The van der Waals surface area contributed by atoms with Crippen LogP contribution in [0, 0.1) is 5.92 Å². The van der Waals surface area contributed by atoms with Gasteiger partial charge in [-0.05, 0) is 39.2 Å². The number of hydrogen-bond donors (Lipinski definition) is 1. The van der Waals surface area contributed by atoms with E-state index in [0.717, 1.165) is 5.56 Å². The summed E-state index contributed by atoms with van der Waals surface area (Å²) in [6.45, 7) is 5.67. The number of aromatic nitrogens is 3. The zero-order valence-corrected chi connectivity index (χ0v) is 16.5. The Morgan fingerprint density at radius 1 is 1.14 bits per heavy atom. The number of alkyl carbamates (subject to hydrolysis) is 1. The number of fused-ring (bicyclic) bond motifs is 1. The van der Waals surface area contributed by atoms with E-state index in [9.17, 15) is 18.0 Å². The Morgan fingerprint density at radius 3 is 2.45 bits per heavy atom. The molecule has 0 spiro atoms. The molecule has 1 aliphatic rings. The average Bonchev–Trinajstić information content (AvgIpc) is 2.64. The van der Waals surface area contributed by atoms with Crippen LogP contribution in [-0.2, 0) is 24.1 Å². The normalized spacial score (nSPS) is 16.8. The quantitative estimate of drug-likeness (QED) is 0.823. The summed E-state index contributed by atoms with van der Waals surface area (Å²) in [6, 6.07) is 7.21. The number of halogens is 3. The highest BCUT2D eigenvalue weighted by atomic mass is 19.4. The van der Waals surface area contributed by atoms with Gasteiger partial charge in [0, 0.05) is 18.5 Å². The number of alkyl halides is 3. The van der Waals surface area contributed by atoms with Gasteiger partial charge in [-0.25, -0.2) is 9.78 Å². The number of aryl methyl sites for hydroxylation is 1. The van der Waals surface area contributed by atoms with Crippen molar-refractivity contribution in [1.82, 2.24) is 20.5 Å². The molecular formula is C20H23F3N4O2. The molecule has 156 valence electrons. The number of nitrogens with one attached hydrogen (secondary N) is 1. The maximum Gasteiger partial charge on any atom is 0.407 e. The second-order valence-corrected chi connectivity index (χ2v) is 8.06. The van der Waals surface area contributed by atoms with Gasteiger partial charge in [-0.15, -0.1) is 5.10 Å². The maximum atomic E-state index is 12.9. The lowest BCUT2D eigenvalue weighted by Crippen LogP contribution is -2.32. The van der Waals surface area contributed by atoms with Gasteiger partial charge in [0.15, 0.2) is 5.82 Å². The smallest absolute Gasteiger partial charge is 0.407 e. The molecule has 6 nitrogen and oxygen atoms in total. The molecule has 1 N–H and O–H groups in total. The SMILES string of the molecule is CC(C)(C)OC(=O)NCc1ccc(-c2nnc3c(n2)CCC(C(F)(F)F)C3)cc1. The molecule has 0 saturated carbocycles. The van der Waals surface area contributed by atoms with E-state index in [1.165, 1.54) is 0 Å². The fourth-order valence-corrected chi connectivity index (χ4v) is 3.05. The van der Waals surface area contributed by atoms with E-state index in [4.69, 9.17) is 4.74 Å². The van der Waals surface area contributed by atoms with Gasteiger partial charge in [-0.1, -0.05) is 24.3 Å². The maximum absolute atomic E-state index is 12.9. The van der Waals surface area contributed by atoms with Crippen molar-refractivity contribution in [2.45, 2.75) is 58.4 Å². The van der Waals surface area contributed by atoms with Crippen LogP contribution in [0.5, 0.6) is 0 Å². The zero-order chi connectivity index (χ0) is 21.2. The van der Waals surface area contributed by atoms with E-state index >= 15 is 0 Å². The van der Waals surface area contributed by atoms with E-state index in [1.54, 1.807) is 32.9 Å². The number of rotatable bonds is 3. The van der Waals surface area contributed by atoms with Crippen molar-refractivity contribution < 1.29 is 22.7 Å². The molecule has 0 saturated heterocycles. The Bertz CT molecular complexity index is 877. The standard InChI is InChI=1S/C20H23F3N4O2/c1-19(2,3)29-18(28)24-11-12-4-6-13(7-5-12)17-25-15-9-8-14(20(21,22)23)10-16(15)26-27-17/h4-7,14H,8-11H2,1-3H3,(H,24,28). The molecule has 3 rings (SSSR count). The molecule has 0 fully saturated rings. The summed E-state index contributed by atoms with van der Waals surface area (Å²) in [7, 11) is 0. The summed E-state index contributed by atoms with van der Waals surface area (Å²) in [5, 5.41) is 10.7. The monoisotopic (exact) mass is 408 g/mol. The highest BCUT2D eigenvalue weighted by Crippen LogP contribution is 2.36. The molecule has 0 bridgehead atoms. The Morgan fingerprint density at radius 2 is 1.83 bits per heavy atom. The second-order valence-electron chi connectivity index (χ2n) is 8.06.